The molecule has 0 unspecified atom stereocenters. The van der Waals surface area contributed by atoms with Gasteiger partial charge >= 0.3 is 12.1 Å². The summed E-state index contributed by atoms with van der Waals surface area (Å²) in [6.45, 7) is 2.99. The van der Waals surface area contributed by atoms with Crippen LogP contribution in [0, 0.1) is 11.8 Å². The van der Waals surface area contributed by atoms with Crippen LogP contribution in [0.3, 0.4) is 0 Å². The molecule has 5 rings (SSSR count). The quantitative estimate of drug-likeness (QED) is 0.195. The number of anilines is 4. The molecule has 2 aromatic rings. The van der Waals surface area contributed by atoms with Crippen molar-refractivity contribution in [1.29, 1.82) is 0 Å². The Balaban J connectivity index is 1.24. The second kappa shape index (κ2) is 18.9. The molecule has 3 aliphatic carbocycles. The van der Waals surface area contributed by atoms with Gasteiger partial charge in [0, 0.05) is 77.1 Å². The lowest BCUT2D eigenvalue weighted by molar-refractivity contribution is 0.155. The highest BCUT2D eigenvalue weighted by Crippen LogP contribution is 2.32. The van der Waals surface area contributed by atoms with Gasteiger partial charge in [-0.25, -0.2) is 9.59 Å². The van der Waals surface area contributed by atoms with Crippen molar-refractivity contribution in [3.8, 4) is 0 Å². The van der Waals surface area contributed by atoms with E-state index in [1.165, 1.54) is 36.8 Å². The highest BCUT2D eigenvalue weighted by molar-refractivity contribution is 5.90. The highest BCUT2D eigenvalue weighted by Gasteiger charge is 2.29. The first kappa shape index (κ1) is 37.3. The fourth-order valence-electron chi connectivity index (χ4n) is 7.82. The van der Waals surface area contributed by atoms with E-state index in [-0.39, 0.29) is 12.1 Å². The number of carbonyl (C=O) groups is 2. The van der Waals surface area contributed by atoms with Gasteiger partial charge in [-0.3, -0.25) is 0 Å². The minimum absolute atomic E-state index is 0.0109. The number of hydrogen-bond acceptors (Lipinski definition) is 4. The molecular formula is C42H62N6O2. The molecule has 2 N–H and O–H groups in total. The molecule has 0 aromatic heterocycles. The zero-order valence-electron chi connectivity index (χ0n) is 31.3. The van der Waals surface area contributed by atoms with Gasteiger partial charge in [0.25, 0.3) is 0 Å². The van der Waals surface area contributed by atoms with E-state index in [1.807, 2.05) is 76.7 Å². The van der Waals surface area contributed by atoms with Gasteiger partial charge in [0.15, 0.2) is 0 Å². The molecule has 0 bridgehead atoms. The SMILES string of the molecule is CN(C)c1ccc(NC(=O)N(CCC2=CCCCC2)C[C@@H]2CCC[C@@H](CN(CCC3=CCCCC3)C(=O)Nc3ccc(N(C)C)cc3)C2)cc1. The topological polar surface area (TPSA) is 71.2 Å². The maximum absolute atomic E-state index is 13.8. The van der Waals surface area contributed by atoms with Crippen molar-refractivity contribution >= 4 is 34.8 Å². The zero-order valence-corrected chi connectivity index (χ0v) is 31.3. The van der Waals surface area contributed by atoms with Gasteiger partial charge in [0.2, 0.25) is 0 Å². The summed E-state index contributed by atoms with van der Waals surface area (Å²) in [6.07, 6.45) is 20.8. The number of nitrogens with one attached hydrogen (secondary N) is 2. The van der Waals surface area contributed by atoms with Crippen LogP contribution < -0.4 is 20.4 Å². The highest BCUT2D eigenvalue weighted by atomic mass is 16.2. The van der Waals surface area contributed by atoms with Crippen LogP contribution in [0.15, 0.2) is 71.8 Å². The second-order valence-electron chi connectivity index (χ2n) is 15.2. The van der Waals surface area contributed by atoms with Crippen LogP contribution in [-0.4, -0.2) is 76.2 Å². The van der Waals surface area contributed by atoms with E-state index < -0.39 is 0 Å². The Hall–Kier alpha value is -3.94. The van der Waals surface area contributed by atoms with E-state index in [9.17, 15) is 9.59 Å². The van der Waals surface area contributed by atoms with Crippen molar-refractivity contribution < 1.29 is 9.59 Å². The number of nitrogens with zero attached hydrogens (tertiary/aromatic N) is 4. The first-order valence-corrected chi connectivity index (χ1v) is 19.3. The van der Waals surface area contributed by atoms with Crippen LogP contribution in [0.4, 0.5) is 32.3 Å². The molecule has 272 valence electrons. The zero-order chi connectivity index (χ0) is 35.3. The summed E-state index contributed by atoms with van der Waals surface area (Å²) in [5.74, 6) is 0.834. The lowest BCUT2D eigenvalue weighted by Crippen LogP contribution is -2.43. The van der Waals surface area contributed by atoms with Gasteiger partial charge in [0.05, 0.1) is 0 Å². The fraction of sp³-hybridized carbons (Fsp3) is 0.571. The lowest BCUT2D eigenvalue weighted by Gasteiger charge is -2.36. The number of amides is 4. The Morgan fingerprint density at radius 3 is 1.38 bits per heavy atom. The van der Waals surface area contributed by atoms with Crippen molar-refractivity contribution in [3.63, 3.8) is 0 Å². The average Bonchev–Trinajstić information content (AvgIpc) is 3.13. The molecule has 8 heteroatoms. The predicted octanol–water partition coefficient (Wildman–Crippen LogP) is 9.77. The van der Waals surface area contributed by atoms with E-state index in [4.69, 9.17) is 0 Å². The number of allylic oxidation sites excluding steroid dienone is 2. The second-order valence-corrected chi connectivity index (χ2v) is 15.2. The van der Waals surface area contributed by atoms with Crippen LogP contribution in [0.2, 0.25) is 0 Å². The molecule has 50 heavy (non-hydrogen) atoms. The lowest BCUT2D eigenvalue weighted by atomic mass is 9.80. The molecule has 0 heterocycles. The summed E-state index contributed by atoms with van der Waals surface area (Å²) in [6, 6.07) is 16.1. The van der Waals surface area contributed by atoms with Crippen LogP contribution in [0.25, 0.3) is 0 Å². The minimum Gasteiger partial charge on any atom is -0.378 e. The predicted molar refractivity (Wildman–Crippen MR) is 211 cm³/mol. The average molecular weight is 683 g/mol. The summed E-state index contributed by atoms with van der Waals surface area (Å²) in [7, 11) is 8.10. The third-order valence-electron chi connectivity index (χ3n) is 10.9. The number of benzene rings is 2. The summed E-state index contributed by atoms with van der Waals surface area (Å²) in [4.78, 5) is 35.9. The fourth-order valence-corrected chi connectivity index (χ4v) is 7.82. The third-order valence-corrected chi connectivity index (χ3v) is 10.9. The molecule has 1 fully saturated rings. The molecule has 3 aliphatic rings. The summed E-state index contributed by atoms with van der Waals surface area (Å²) >= 11 is 0. The van der Waals surface area contributed by atoms with Gasteiger partial charge in [0.1, 0.15) is 0 Å². The molecule has 2 aromatic carbocycles. The van der Waals surface area contributed by atoms with Gasteiger partial charge in [-0.1, -0.05) is 29.7 Å². The number of urea groups is 2. The molecule has 0 spiro atoms. The summed E-state index contributed by atoms with van der Waals surface area (Å²) < 4.78 is 0. The van der Waals surface area contributed by atoms with Crippen LogP contribution in [0.1, 0.15) is 89.9 Å². The van der Waals surface area contributed by atoms with E-state index in [1.54, 1.807) is 0 Å². The van der Waals surface area contributed by atoms with Crippen molar-refractivity contribution in [3.05, 3.63) is 71.8 Å². The summed E-state index contributed by atoms with van der Waals surface area (Å²) in [5, 5.41) is 6.41. The first-order valence-electron chi connectivity index (χ1n) is 19.3. The largest absolute Gasteiger partial charge is 0.378 e. The normalized spacial score (nSPS) is 19.1. The molecule has 1 saturated carbocycles. The maximum atomic E-state index is 13.8. The Labute approximate surface area is 302 Å². The van der Waals surface area contributed by atoms with E-state index in [0.717, 1.165) is 113 Å². The third kappa shape index (κ3) is 11.6. The molecule has 0 aliphatic heterocycles. The van der Waals surface area contributed by atoms with E-state index in [2.05, 4.69) is 42.4 Å². The first-order chi connectivity index (χ1) is 24.2. The van der Waals surface area contributed by atoms with Crippen molar-refractivity contribution in [2.45, 2.75) is 89.9 Å². The molecule has 4 amide bonds. The number of rotatable bonds is 14. The molecule has 0 saturated heterocycles. The van der Waals surface area contributed by atoms with Crippen molar-refractivity contribution in [1.82, 2.24) is 9.80 Å². The van der Waals surface area contributed by atoms with Gasteiger partial charge in [-0.2, -0.15) is 0 Å². The minimum atomic E-state index is -0.0109. The van der Waals surface area contributed by atoms with Gasteiger partial charge in [-0.05, 0) is 144 Å². The van der Waals surface area contributed by atoms with Crippen molar-refractivity contribution in [2.75, 3.05) is 74.8 Å². The number of hydrogen-bond donors (Lipinski definition) is 2. The Morgan fingerprint density at radius 2 is 1.02 bits per heavy atom. The molecule has 2 atom stereocenters. The molecular weight excluding hydrogens is 621 g/mol. The Bertz CT molecular complexity index is 1320. The van der Waals surface area contributed by atoms with Crippen LogP contribution in [-0.2, 0) is 0 Å². The van der Waals surface area contributed by atoms with E-state index in [0.29, 0.717) is 11.8 Å². The monoisotopic (exact) mass is 682 g/mol. The summed E-state index contributed by atoms with van der Waals surface area (Å²) in [5.41, 5.74) is 6.87. The van der Waals surface area contributed by atoms with Crippen molar-refractivity contribution in [2.24, 2.45) is 11.8 Å². The van der Waals surface area contributed by atoms with Crippen LogP contribution >= 0.6 is 0 Å². The maximum Gasteiger partial charge on any atom is 0.321 e. The molecule has 0 radical (unpaired) electrons. The van der Waals surface area contributed by atoms with Gasteiger partial charge in [-0.15, -0.1) is 0 Å². The van der Waals surface area contributed by atoms with E-state index >= 15 is 0 Å². The molecule has 8 nitrogen and oxygen atoms in total. The standard InChI is InChI=1S/C42H62N6O2/c1-45(2)39-22-18-37(19-23-39)43-41(49)47(28-26-33-12-7-5-8-13-33)31-35-16-11-17-36(30-35)32-48(29-27-34-14-9-6-10-15-34)42(50)44-38-20-24-40(25-21-38)46(3)4/h12,14,18-25,35-36H,5-11,13,15-17,26-32H2,1-4H3,(H,43,49)(H,44,50)/t35-,36-/m1/s1. The number of carbonyl (C=O) groups excluding carboxylic acids is 2. The Kier molecular flexibility index (Phi) is 14.1. The van der Waals surface area contributed by atoms with Gasteiger partial charge < -0.3 is 30.2 Å². The Morgan fingerprint density at radius 1 is 0.600 bits per heavy atom. The smallest absolute Gasteiger partial charge is 0.321 e. The van der Waals surface area contributed by atoms with Crippen LogP contribution in [0.5, 0.6) is 0 Å².